The van der Waals surface area contributed by atoms with E-state index in [0.717, 1.165) is 11.8 Å². The van der Waals surface area contributed by atoms with Crippen LogP contribution in [0, 0.1) is 11.6 Å². The van der Waals surface area contributed by atoms with E-state index < -0.39 is 11.6 Å². The van der Waals surface area contributed by atoms with Gasteiger partial charge in [0.2, 0.25) is 0 Å². The molecule has 2 rings (SSSR count). The van der Waals surface area contributed by atoms with Crippen LogP contribution in [0.5, 0.6) is 0 Å². The Kier molecular flexibility index (Phi) is 2.60. The molecule has 0 aliphatic carbocycles. The van der Waals surface area contributed by atoms with Crippen molar-refractivity contribution in [3.05, 3.63) is 36.0 Å². The molecule has 0 unspecified atom stereocenters. The Morgan fingerprint density at radius 3 is 2.62 bits per heavy atom. The first kappa shape index (κ1) is 10.6. The monoisotopic (exact) mass is 223 g/mol. The fourth-order valence-electron chi connectivity index (χ4n) is 1.51. The van der Waals surface area contributed by atoms with Gasteiger partial charge < -0.3 is 4.90 Å². The van der Waals surface area contributed by atoms with Gasteiger partial charge in [0.15, 0.2) is 0 Å². The third-order valence-corrected chi connectivity index (χ3v) is 2.30. The number of benzene rings is 1. The van der Waals surface area contributed by atoms with E-state index in [1.54, 1.807) is 6.20 Å². The molecule has 3 nitrogen and oxygen atoms in total. The van der Waals surface area contributed by atoms with Crippen LogP contribution in [0.3, 0.4) is 0 Å². The molecule has 1 N–H and O–H groups in total. The molecule has 0 atom stereocenters. The first-order chi connectivity index (χ1) is 7.59. The van der Waals surface area contributed by atoms with Crippen LogP contribution in [-0.2, 0) is 0 Å². The lowest BCUT2D eigenvalue weighted by Crippen LogP contribution is -2.09. The number of H-pyrrole nitrogens is 1. The number of hydrogen-bond acceptors (Lipinski definition) is 2. The molecule has 2 aromatic rings. The fourth-order valence-corrected chi connectivity index (χ4v) is 1.51. The number of halogens is 2. The van der Waals surface area contributed by atoms with Gasteiger partial charge >= 0.3 is 0 Å². The van der Waals surface area contributed by atoms with Gasteiger partial charge in [-0.1, -0.05) is 0 Å². The van der Waals surface area contributed by atoms with Crippen molar-refractivity contribution < 1.29 is 8.78 Å². The summed E-state index contributed by atoms with van der Waals surface area (Å²) in [7, 11) is 3.66. The van der Waals surface area contributed by atoms with E-state index >= 15 is 0 Å². The number of anilines is 1. The minimum Gasteiger partial charge on any atom is -0.375 e. The topological polar surface area (TPSA) is 31.9 Å². The third-order valence-electron chi connectivity index (χ3n) is 2.30. The van der Waals surface area contributed by atoms with Crippen molar-refractivity contribution in [2.45, 2.75) is 0 Å². The average Bonchev–Trinajstić information content (AvgIpc) is 2.66. The van der Waals surface area contributed by atoms with Crippen molar-refractivity contribution in [1.82, 2.24) is 10.2 Å². The molecule has 0 saturated carbocycles. The predicted molar refractivity (Wildman–Crippen MR) is 58.3 cm³/mol. The molecule has 0 bridgehead atoms. The molecule has 0 fully saturated rings. The zero-order chi connectivity index (χ0) is 11.7. The summed E-state index contributed by atoms with van der Waals surface area (Å²) in [5.74, 6) is -1.19. The van der Waals surface area contributed by atoms with Gasteiger partial charge in [-0.15, -0.1) is 0 Å². The fraction of sp³-hybridized carbons (Fsp3) is 0.182. The summed E-state index contributed by atoms with van der Waals surface area (Å²) in [5, 5.41) is 6.57. The van der Waals surface area contributed by atoms with E-state index in [2.05, 4.69) is 10.2 Å². The zero-order valence-corrected chi connectivity index (χ0v) is 8.96. The predicted octanol–water partition coefficient (Wildman–Crippen LogP) is 2.42. The number of hydrogen-bond donors (Lipinski definition) is 1. The SMILES string of the molecule is CN(C)c1cn[nH]c1-c1ccc(F)cc1F. The number of aromatic nitrogens is 2. The van der Waals surface area contributed by atoms with Gasteiger partial charge in [-0.25, -0.2) is 8.78 Å². The number of nitrogens with zero attached hydrogens (tertiary/aromatic N) is 2. The first-order valence-corrected chi connectivity index (χ1v) is 4.75. The normalized spacial score (nSPS) is 10.5. The highest BCUT2D eigenvalue weighted by atomic mass is 19.1. The van der Waals surface area contributed by atoms with Crippen LogP contribution in [0.1, 0.15) is 0 Å². The number of rotatable bonds is 2. The van der Waals surface area contributed by atoms with Gasteiger partial charge in [-0.2, -0.15) is 5.10 Å². The largest absolute Gasteiger partial charge is 0.375 e. The second-order valence-electron chi connectivity index (χ2n) is 3.65. The summed E-state index contributed by atoms with van der Waals surface area (Å²) in [6.07, 6.45) is 1.60. The maximum absolute atomic E-state index is 13.6. The van der Waals surface area contributed by atoms with Crippen LogP contribution in [0.4, 0.5) is 14.5 Å². The maximum atomic E-state index is 13.6. The molecule has 0 aliphatic heterocycles. The van der Waals surface area contributed by atoms with E-state index in [9.17, 15) is 8.78 Å². The first-order valence-electron chi connectivity index (χ1n) is 4.75. The molecular formula is C11H11F2N3. The molecule has 1 aromatic carbocycles. The Morgan fingerprint density at radius 2 is 2.00 bits per heavy atom. The van der Waals surface area contributed by atoms with Gasteiger partial charge in [-0.05, 0) is 12.1 Å². The Bertz CT molecular complexity index is 506. The third kappa shape index (κ3) is 1.76. The molecule has 0 saturated heterocycles. The van der Waals surface area contributed by atoms with Crippen molar-refractivity contribution in [2.75, 3.05) is 19.0 Å². The van der Waals surface area contributed by atoms with Crippen molar-refractivity contribution in [3.8, 4) is 11.3 Å². The van der Waals surface area contributed by atoms with E-state index in [1.807, 2.05) is 19.0 Å². The summed E-state index contributed by atoms with van der Waals surface area (Å²) in [6.45, 7) is 0. The van der Waals surface area contributed by atoms with Gasteiger partial charge in [0.1, 0.15) is 11.6 Å². The second kappa shape index (κ2) is 3.92. The molecule has 0 spiro atoms. The minimum absolute atomic E-state index is 0.308. The Morgan fingerprint density at radius 1 is 1.25 bits per heavy atom. The summed E-state index contributed by atoms with van der Waals surface area (Å²) in [5.41, 5.74) is 1.61. The molecule has 16 heavy (non-hydrogen) atoms. The van der Waals surface area contributed by atoms with Gasteiger partial charge in [0.05, 0.1) is 17.6 Å². The van der Waals surface area contributed by atoms with E-state index in [-0.39, 0.29) is 0 Å². The lowest BCUT2D eigenvalue weighted by atomic mass is 10.1. The van der Waals surface area contributed by atoms with Crippen molar-refractivity contribution >= 4 is 5.69 Å². The molecule has 0 aliphatic rings. The zero-order valence-electron chi connectivity index (χ0n) is 8.96. The molecular weight excluding hydrogens is 212 g/mol. The smallest absolute Gasteiger partial charge is 0.135 e. The Balaban J connectivity index is 2.54. The quantitative estimate of drug-likeness (QED) is 0.847. The standard InChI is InChI=1S/C11H11F2N3/c1-16(2)10-6-14-15-11(10)8-4-3-7(12)5-9(8)13/h3-6H,1-2H3,(H,14,15). The van der Waals surface area contributed by atoms with Crippen molar-refractivity contribution in [2.24, 2.45) is 0 Å². The van der Waals surface area contributed by atoms with Crippen LogP contribution in [0.2, 0.25) is 0 Å². The summed E-state index contributed by atoms with van der Waals surface area (Å²) in [4.78, 5) is 1.81. The van der Waals surface area contributed by atoms with Crippen molar-refractivity contribution in [3.63, 3.8) is 0 Å². The van der Waals surface area contributed by atoms with Crippen LogP contribution < -0.4 is 4.90 Å². The molecule has 0 radical (unpaired) electrons. The molecule has 1 aromatic heterocycles. The van der Waals surface area contributed by atoms with Gasteiger partial charge in [-0.3, -0.25) is 5.10 Å². The van der Waals surface area contributed by atoms with E-state index in [4.69, 9.17) is 0 Å². The van der Waals surface area contributed by atoms with Crippen LogP contribution >= 0.6 is 0 Å². The Hall–Kier alpha value is -1.91. The highest BCUT2D eigenvalue weighted by molar-refractivity contribution is 5.74. The summed E-state index contributed by atoms with van der Waals surface area (Å²) < 4.78 is 26.3. The van der Waals surface area contributed by atoms with Crippen LogP contribution in [-0.4, -0.2) is 24.3 Å². The highest BCUT2D eigenvalue weighted by Gasteiger charge is 2.13. The van der Waals surface area contributed by atoms with E-state index in [0.29, 0.717) is 11.3 Å². The molecule has 0 amide bonds. The van der Waals surface area contributed by atoms with Gasteiger partial charge in [0, 0.05) is 25.7 Å². The average molecular weight is 223 g/mol. The second-order valence-corrected chi connectivity index (χ2v) is 3.65. The highest BCUT2D eigenvalue weighted by Crippen LogP contribution is 2.29. The number of nitrogens with one attached hydrogen (secondary N) is 1. The van der Waals surface area contributed by atoms with Gasteiger partial charge in [0.25, 0.3) is 0 Å². The van der Waals surface area contributed by atoms with Crippen LogP contribution in [0.25, 0.3) is 11.3 Å². The lowest BCUT2D eigenvalue weighted by molar-refractivity contribution is 0.585. The van der Waals surface area contributed by atoms with Crippen LogP contribution in [0.15, 0.2) is 24.4 Å². The summed E-state index contributed by atoms with van der Waals surface area (Å²) >= 11 is 0. The maximum Gasteiger partial charge on any atom is 0.135 e. The minimum atomic E-state index is -0.604. The number of aromatic amines is 1. The molecule has 1 heterocycles. The van der Waals surface area contributed by atoms with Crippen molar-refractivity contribution in [1.29, 1.82) is 0 Å². The Labute approximate surface area is 91.7 Å². The molecule has 84 valence electrons. The van der Waals surface area contributed by atoms with E-state index in [1.165, 1.54) is 12.1 Å². The lowest BCUT2D eigenvalue weighted by Gasteiger charge is -2.12. The summed E-state index contributed by atoms with van der Waals surface area (Å²) in [6, 6.07) is 3.47. The molecule has 5 heteroatoms.